The zero-order chi connectivity index (χ0) is 14.0. The van der Waals surface area contributed by atoms with Crippen molar-refractivity contribution in [1.82, 2.24) is 0 Å². The minimum atomic E-state index is -0.602. The zero-order valence-corrected chi connectivity index (χ0v) is 12.2. The molecular formula is C14H18Cl2O2. The molecule has 0 unspecified atom stereocenters. The van der Waals surface area contributed by atoms with Gasteiger partial charge in [-0.1, -0.05) is 57.7 Å². The summed E-state index contributed by atoms with van der Waals surface area (Å²) in [6, 6.07) is 5.92. The molecule has 1 rings (SSSR count). The second kappa shape index (κ2) is 10.1. The lowest BCUT2D eigenvalue weighted by molar-refractivity contribution is 0.108. The SMILES string of the molecule is CCCCCC.O=C(Cl)c1cccc(C(=O)Cl)c1. The lowest BCUT2D eigenvalue weighted by Gasteiger charge is -1.95. The van der Waals surface area contributed by atoms with Gasteiger partial charge in [0.1, 0.15) is 0 Å². The molecule has 0 radical (unpaired) electrons. The highest BCUT2D eigenvalue weighted by molar-refractivity contribution is 6.69. The third-order valence-corrected chi connectivity index (χ3v) is 2.71. The molecule has 0 atom stereocenters. The molecule has 0 saturated heterocycles. The summed E-state index contributed by atoms with van der Waals surface area (Å²) in [5.74, 6) is 0. The summed E-state index contributed by atoms with van der Waals surface area (Å²) in [6.07, 6.45) is 5.54. The largest absolute Gasteiger partial charge is 0.276 e. The van der Waals surface area contributed by atoms with Crippen LogP contribution in [0.4, 0.5) is 0 Å². The number of rotatable bonds is 5. The second-order valence-electron chi connectivity index (χ2n) is 3.84. The van der Waals surface area contributed by atoms with Crippen molar-refractivity contribution in [2.45, 2.75) is 39.5 Å². The van der Waals surface area contributed by atoms with Crippen LogP contribution in [-0.4, -0.2) is 10.5 Å². The van der Waals surface area contributed by atoms with Crippen molar-refractivity contribution in [2.75, 3.05) is 0 Å². The molecule has 0 N–H and O–H groups in total. The maximum Gasteiger partial charge on any atom is 0.252 e. The second-order valence-corrected chi connectivity index (χ2v) is 4.52. The maximum absolute atomic E-state index is 10.6. The molecule has 1 aromatic rings. The van der Waals surface area contributed by atoms with Crippen molar-refractivity contribution >= 4 is 33.7 Å². The highest BCUT2D eigenvalue weighted by Crippen LogP contribution is 2.09. The summed E-state index contributed by atoms with van der Waals surface area (Å²) in [7, 11) is 0. The fourth-order valence-electron chi connectivity index (χ4n) is 1.26. The lowest BCUT2D eigenvalue weighted by atomic mass is 10.1. The summed E-state index contributed by atoms with van der Waals surface area (Å²) in [5, 5.41) is -1.20. The summed E-state index contributed by atoms with van der Waals surface area (Å²) >= 11 is 10.4. The third-order valence-electron chi connectivity index (χ3n) is 2.27. The molecule has 0 aliphatic carbocycles. The van der Waals surface area contributed by atoms with Crippen LogP contribution in [0.2, 0.25) is 0 Å². The number of hydrogen-bond donors (Lipinski definition) is 0. The fourth-order valence-corrected chi connectivity index (χ4v) is 1.50. The summed E-state index contributed by atoms with van der Waals surface area (Å²) in [5.41, 5.74) is 0.534. The molecule has 0 spiro atoms. The van der Waals surface area contributed by atoms with Gasteiger partial charge in [-0.2, -0.15) is 0 Å². The van der Waals surface area contributed by atoms with Crippen LogP contribution in [0.15, 0.2) is 24.3 Å². The van der Waals surface area contributed by atoms with Crippen LogP contribution < -0.4 is 0 Å². The molecule has 0 amide bonds. The maximum atomic E-state index is 10.6. The Morgan fingerprint density at radius 2 is 1.33 bits per heavy atom. The van der Waals surface area contributed by atoms with Gasteiger partial charge in [-0.05, 0) is 29.3 Å². The first-order valence-corrected chi connectivity index (χ1v) is 6.78. The molecule has 0 heterocycles. The van der Waals surface area contributed by atoms with E-state index in [1.54, 1.807) is 6.07 Å². The molecule has 0 aromatic heterocycles. The first kappa shape index (κ1) is 17.1. The number of hydrogen-bond acceptors (Lipinski definition) is 2. The van der Waals surface area contributed by atoms with Crippen molar-refractivity contribution in [3.63, 3.8) is 0 Å². The van der Waals surface area contributed by atoms with Crippen LogP contribution in [0, 0.1) is 0 Å². The van der Waals surface area contributed by atoms with Gasteiger partial charge in [-0.3, -0.25) is 9.59 Å². The van der Waals surface area contributed by atoms with Gasteiger partial charge in [-0.15, -0.1) is 0 Å². The van der Waals surface area contributed by atoms with E-state index in [1.807, 2.05) is 0 Å². The predicted molar refractivity (Wildman–Crippen MR) is 76.6 cm³/mol. The Hall–Kier alpha value is -0.860. The van der Waals surface area contributed by atoms with E-state index >= 15 is 0 Å². The molecule has 100 valence electrons. The van der Waals surface area contributed by atoms with Crippen LogP contribution in [0.1, 0.15) is 60.2 Å². The smallest absolute Gasteiger partial charge is 0.252 e. The van der Waals surface area contributed by atoms with Gasteiger partial charge in [0.15, 0.2) is 0 Å². The Labute approximate surface area is 118 Å². The Kier molecular flexibility index (Phi) is 9.62. The highest BCUT2D eigenvalue weighted by atomic mass is 35.5. The van der Waals surface area contributed by atoms with E-state index in [0.717, 1.165) is 0 Å². The molecule has 0 aliphatic rings. The van der Waals surface area contributed by atoms with Crippen molar-refractivity contribution in [3.05, 3.63) is 35.4 Å². The van der Waals surface area contributed by atoms with Gasteiger partial charge in [0.05, 0.1) is 0 Å². The number of carbonyl (C=O) groups is 2. The van der Waals surface area contributed by atoms with Gasteiger partial charge in [0, 0.05) is 11.1 Å². The van der Waals surface area contributed by atoms with E-state index in [2.05, 4.69) is 13.8 Å². The van der Waals surface area contributed by atoms with E-state index in [-0.39, 0.29) is 11.1 Å². The molecule has 2 nitrogen and oxygen atoms in total. The van der Waals surface area contributed by atoms with Crippen LogP contribution in [0.25, 0.3) is 0 Å². The van der Waals surface area contributed by atoms with Crippen molar-refractivity contribution in [2.24, 2.45) is 0 Å². The van der Waals surface area contributed by atoms with Crippen molar-refractivity contribution in [1.29, 1.82) is 0 Å². The molecule has 1 aromatic carbocycles. The van der Waals surface area contributed by atoms with Crippen LogP contribution in [0.5, 0.6) is 0 Å². The van der Waals surface area contributed by atoms with Crippen LogP contribution in [-0.2, 0) is 0 Å². The van der Waals surface area contributed by atoms with Gasteiger partial charge in [0.2, 0.25) is 0 Å². The average molecular weight is 289 g/mol. The molecule has 0 bridgehead atoms. The molecular weight excluding hydrogens is 271 g/mol. The molecule has 4 heteroatoms. The standard InChI is InChI=1S/C8H4Cl2O2.C6H14/c9-7(11)5-2-1-3-6(4-5)8(10)12;1-3-5-6-4-2/h1-4H;3-6H2,1-2H3. The Morgan fingerprint density at radius 3 is 1.61 bits per heavy atom. The highest BCUT2D eigenvalue weighted by Gasteiger charge is 2.05. The fraction of sp³-hybridized carbons (Fsp3) is 0.429. The Bertz CT molecular complexity index is 356. The minimum Gasteiger partial charge on any atom is -0.276 e. The van der Waals surface area contributed by atoms with Crippen molar-refractivity contribution < 1.29 is 9.59 Å². The van der Waals surface area contributed by atoms with E-state index < -0.39 is 10.5 Å². The monoisotopic (exact) mass is 288 g/mol. The molecule has 18 heavy (non-hydrogen) atoms. The third kappa shape index (κ3) is 7.46. The summed E-state index contributed by atoms with van der Waals surface area (Å²) in [6.45, 7) is 4.46. The zero-order valence-electron chi connectivity index (χ0n) is 10.7. The number of carbonyl (C=O) groups excluding carboxylic acids is 2. The van der Waals surface area contributed by atoms with Gasteiger partial charge >= 0.3 is 0 Å². The quantitative estimate of drug-likeness (QED) is 0.562. The van der Waals surface area contributed by atoms with Gasteiger partial charge < -0.3 is 0 Å². The number of benzene rings is 1. The number of unbranched alkanes of at least 4 members (excludes halogenated alkanes) is 3. The molecule has 0 aliphatic heterocycles. The van der Waals surface area contributed by atoms with Crippen molar-refractivity contribution in [3.8, 4) is 0 Å². The Morgan fingerprint density at radius 1 is 0.944 bits per heavy atom. The van der Waals surface area contributed by atoms with E-state index in [4.69, 9.17) is 23.2 Å². The lowest BCUT2D eigenvalue weighted by Crippen LogP contribution is -1.93. The normalized spacial score (nSPS) is 9.33. The van der Waals surface area contributed by atoms with E-state index in [1.165, 1.54) is 43.9 Å². The first-order valence-electron chi connectivity index (χ1n) is 6.02. The van der Waals surface area contributed by atoms with Gasteiger partial charge in [-0.25, -0.2) is 0 Å². The van der Waals surface area contributed by atoms with Crippen LogP contribution >= 0.6 is 23.2 Å². The number of halogens is 2. The summed E-state index contributed by atoms with van der Waals surface area (Å²) < 4.78 is 0. The summed E-state index contributed by atoms with van der Waals surface area (Å²) in [4.78, 5) is 21.3. The minimum absolute atomic E-state index is 0.267. The van der Waals surface area contributed by atoms with E-state index in [9.17, 15) is 9.59 Å². The van der Waals surface area contributed by atoms with Gasteiger partial charge in [0.25, 0.3) is 10.5 Å². The Balaban J connectivity index is 0.000000411. The molecule has 0 fully saturated rings. The molecule has 0 saturated carbocycles. The van der Waals surface area contributed by atoms with Crippen LogP contribution in [0.3, 0.4) is 0 Å². The topological polar surface area (TPSA) is 34.1 Å². The van der Waals surface area contributed by atoms with E-state index in [0.29, 0.717) is 0 Å². The predicted octanol–water partition coefficient (Wildman–Crippen LogP) is 5.03. The average Bonchev–Trinajstić information content (AvgIpc) is 2.37. The first-order chi connectivity index (χ1) is 8.52.